The highest BCUT2D eigenvalue weighted by molar-refractivity contribution is 5.91. The second-order valence-electron chi connectivity index (χ2n) is 10.5. The van der Waals surface area contributed by atoms with Gasteiger partial charge in [-0.15, -0.1) is 0 Å². The van der Waals surface area contributed by atoms with E-state index < -0.39 is 12.2 Å². The molecule has 6 heteroatoms. The molecule has 2 fully saturated rings. The van der Waals surface area contributed by atoms with Gasteiger partial charge in [0.05, 0.1) is 5.56 Å². The maximum absolute atomic E-state index is 12.5. The van der Waals surface area contributed by atoms with Gasteiger partial charge in [-0.3, -0.25) is 9.59 Å². The van der Waals surface area contributed by atoms with Crippen molar-refractivity contribution in [1.82, 2.24) is 0 Å². The third-order valence-corrected chi connectivity index (χ3v) is 8.44. The number of fused-ring (bicyclic) bond motifs is 5. The SMILES string of the molecule is CC(=O)O[C@@H]1CC2C3CCc4cc(OC(=O)c5ccccc5)ccc4C3CCC2(C)[C@H]1OC(C)=O. The Bertz CT molecular complexity index is 1140. The molecule has 4 unspecified atom stereocenters. The molecule has 0 heterocycles. The molecular weight excluding hydrogens is 444 g/mol. The minimum atomic E-state index is -0.406. The fraction of sp³-hybridized carbons (Fsp3) is 0.483. The number of benzene rings is 2. The van der Waals surface area contributed by atoms with E-state index in [1.807, 2.05) is 30.3 Å². The summed E-state index contributed by atoms with van der Waals surface area (Å²) in [5.74, 6) is 0.676. The summed E-state index contributed by atoms with van der Waals surface area (Å²) in [4.78, 5) is 36.2. The minimum Gasteiger partial charge on any atom is -0.459 e. The van der Waals surface area contributed by atoms with Crippen molar-refractivity contribution in [2.24, 2.45) is 17.3 Å². The van der Waals surface area contributed by atoms with Gasteiger partial charge in [0.2, 0.25) is 0 Å². The fourth-order valence-electron chi connectivity index (χ4n) is 7.02. The molecule has 3 aliphatic carbocycles. The Morgan fingerprint density at radius 1 is 0.943 bits per heavy atom. The Kier molecular flexibility index (Phi) is 6.16. The van der Waals surface area contributed by atoms with E-state index >= 15 is 0 Å². The Hall–Kier alpha value is -3.15. The Morgan fingerprint density at radius 3 is 2.40 bits per heavy atom. The number of esters is 3. The van der Waals surface area contributed by atoms with Crippen LogP contribution in [-0.2, 0) is 25.5 Å². The molecule has 0 amide bonds. The van der Waals surface area contributed by atoms with E-state index in [-0.39, 0.29) is 23.3 Å². The molecule has 6 atom stereocenters. The van der Waals surface area contributed by atoms with Crippen molar-refractivity contribution in [3.8, 4) is 5.75 Å². The van der Waals surface area contributed by atoms with Gasteiger partial charge in [-0.25, -0.2) is 4.79 Å². The lowest BCUT2D eigenvalue weighted by Crippen LogP contribution is -2.46. The average molecular weight is 477 g/mol. The van der Waals surface area contributed by atoms with Crippen molar-refractivity contribution in [1.29, 1.82) is 0 Å². The first-order valence-corrected chi connectivity index (χ1v) is 12.5. The van der Waals surface area contributed by atoms with Crippen LogP contribution in [0.25, 0.3) is 0 Å². The van der Waals surface area contributed by atoms with Crippen LogP contribution in [-0.4, -0.2) is 30.1 Å². The Morgan fingerprint density at radius 2 is 1.69 bits per heavy atom. The molecule has 0 saturated heterocycles. The van der Waals surface area contributed by atoms with Crippen LogP contribution in [0.15, 0.2) is 48.5 Å². The highest BCUT2D eigenvalue weighted by Gasteiger charge is 2.61. The molecule has 2 aromatic carbocycles. The molecule has 2 saturated carbocycles. The third kappa shape index (κ3) is 4.35. The van der Waals surface area contributed by atoms with E-state index in [2.05, 4.69) is 13.0 Å². The number of hydrogen-bond acceptors (Lipinski definition) is 6. The molecule has 2 aromatic rings. The zero-order chi connectivity index (χ0) is 24.7. The van der Waals surface area contributed by atoms with Crippen molar-refractivity contribution in [2.75, 3.05) is 0 Å². The minimum absolute atomic E-state index is 0.213. The quantitative estimate of drug-likeness (QED) is 0.444. The summed E-state index contributed by atoms with van der Waals surface area (Å²) in [5.41, 5.74) is 2.88. The highest BCUT2D eigenvalue weighted by Crippen LogP contribution is 2.62. The van der Waals surface area contributed by atoms with E-state index in [9.17, 15) is 14.4 Å². The molecule has 0 aromatic heterocycles. The number of ether oxygens (including phenoxy) is 3. The molecule has 35 heavy (non-hydrogen) atoms. The summed E-state index contributed by atoms with van der Waals surface area (Å²) in [7, 11) is 0. The number of rotatable bonds is 4. The number of carbonyl (C=O) groups is 3. The van der Waals surface area contributed by atoms with Crippen molar-refractivity contribution >= 4 is 17.9 Å². The van der Waals surface area contributed by atoms with Gasteiger partial charge >= 0.3 is 17.9 Å². The largest absolute Gasteiger partial charge is 0.459 e. The summed E-state index contributed by atoms with van der Waals surface area (Å²) in [6.45, 7) is 5.04. The van der Waals surface area contributed by atoms with E-state index in [1.165, 1.54) is 25.0 Å². The predicted octanol–water partition coefficient (Wildman–Crippen LogP) is 5.24. The zero-order valence-corrected chi connectivity index (χ0v) is 20.5. The summed E-state index contributed by atoms with van der Waals surface area (Å²) in [5, 5.41) is 0. The predicted molar refractivity (Wildman–Crippen MR) is 129 cm³/mol. The van der Waals surface area contributed by atoms with Crippen LogP contribution in [0.2, 0.25) is 0 Å². The highest BCUT2D eigenvalue weighted by atomic mass is 16.6. The van der Waals surface area contributed by atoms with Gasteiger partial charge in [0.1, 0.15) is 18.0 Å². The van der Waals surface area contributed by atoms with Gasteiger partial charge in [0, 0.05) is 19.3 Å². The lowest BCUT2D eigenvalue weighted by molar-refractivity contribution is -0.171. The van der Waals surface area contributed by atoms with Crippen molar-refractivity contribution in [3.05, 3.63) is 65.2 Å². The molecular formula is C29H32O6. The van der Waals surface area contributed by atoms with Crippen LogP contribution in [0.1, 0.15) is 73.9 Å². The van der Waals surface area contributed by atoms with Gasteiger partial charge in [-0.05, 0) is 85.3 Å². The van der Waals surface area contributed by atoms with Gasteiger partial charge in [0.15, 0.2) is 0 Å². The Labute approximate surface area is 206 Å². The van der Waals surface area contributed by atoms with Gasteiger partial charge < -0.3 is 14.2 Å². The lowest BCUT2D eigenvalue weighted by Gasteiger charge is -2.50. The zero-order valence-electron chi connectivity index (χ0n) is 20.5. The van der Waals surface area contributed by atoms with E-state index in [0.29, 0.717) is 29.1 Å². The molecule has 0 bridgehead atoms. The van der Waals surface area contributed by atoms with Crippen LogP contribution >= 0.6 is 0 Å². The van der Waals surface area contributed by atoms with Crippen LogP contribution in [0.3, 0.4) is 0 Å². The van der Waals surface area contributed by atoms with Crippen molar-refractivity contribution in [3.63, 3.8) is 0 Å². The number of hydrogen-bond donors (Lipinski definition) is 0. The third-order valence-electron chi connectivity index (χ3n) is 8.44. The number of aryl methyl sites for hydroxylation is 1. The van der Waals surface area contributed by atoms with Crippen molar-refractivity contribution in [2.45, 2.75) is 71.0 Å². The summed E-state index contributed by atoms with van der Waals surface area (Å²) >= 11 is 0. The first kappa shape index (κ1) is 23.6. The molecule has 0 N–H and O–H groups in total. The average Bonchev–Trinajstić information content (AvgIpc) is 3.09. The molecule has 6 nitrogen and oxygen atoms in total. The lowest BCUT2D eigenvalue weighted by atomic mass is 9.55. The van der Waals surface area contributed by atoms with Gasteiger partial charge in [0.25, 0.3) is 0 Å². The molecule has 0 aliphatic heterocycles. The van der Waals surface area contributed by atoms with Crippen LogP contribution < -0.4 is 4.74 Å². The molecule has 3 aliphatic rings. The molecule has 184 valence electrons. The Balaban J connectivity index is 1.37. The topological polar surface area (TPSA) is 78.9 Å². The summed E-state index contributed by atoms with van der Waals surface area (Å²) in [6, 6.07) is 15.0. The monoisotopic (exact) mass is 476 g/mol. The standard InChI is InChI=1S/C29H32O6/c1-17(30)33-26-16-25-24-11-9-20-15-21(35-28(32)19-7-5-4-6-8-19)10-12-22(20)23(24)13-14-29(25,3)27(26)34-18(2)31/h4-8,10,12,15,23-27H,9,11,13-14,16H2,1-3H3/t23?,24?,25?,26-,27+,29?/m1/s1. The summed E-state index contributed by atoms with van der Waals surface area (Å²) < 4.78 is 17.1. The molecule has 0 spiro atoms. The number of carbonyl (C=O) groups excluding carboxylic acids is 3. The fourth-order valence-corrected chi connectivity index (χ4v) is 7.02. The van der Waals surface area contributed by atoms with Crippen LogP contribution in [0.4, 0.5) is 0 Å². The second-order valence-corrected chi connectivity index (χ2v) is 10.5. The van der Waals surface area contributed by atoms with Crippen LogP contribution in [0.5, 0.6) is 5.75 Å². The van der Waals surface area contributed by atoms with Crippen molar-refractivity contribution < 1.29 is 28.6 Å². The van der Waals surface area contributed by atoms with E-state index in [0.717, 1.165) is 32.1 Å². The first-order chi connectivity index (χ1) is 16.8. The van der Waals surface area contributed by atoms with Gasteiger partial charge in [-0.2, -0.15) is 0 Å². The molecule has 5 rings (SSSR count). The van der Waals surface area contributed by atoms with Gasteiger partial charge in [-0.1, -0.05) is 31.2 Å². The normalized spacial score (nSPS) is 30.9. The maximum atomic E-state index is 12.5. The van der Waals surface area contributed by atoms with Crippen LogP contribution in [0, 0.1) is 17.3 Å². The summed E-state index contributed by atoms with van der Waals surface area (Å²) in [6.07, 6.45) is 3.71. The maximum Gasteiger partial charge on any atom is 0.343 e. The molecule has 0 radical (unpaired) electrons. The van der Waals surface area contributed by atoms with E-state index in [1.54, 1.807) is 12.1 Å². The second kappa shape index (κ2) is 9.14. The first-order valence-electron chi connectivity index (χ1n) is 12.5. The van der Waals surface area contributed by atoms with E-state index in [4.69, 9.17) is 14.2 Å². The smallest absolute Gasteiger partial charge is 0.343 e.